The van der Waals surface area contributed by atoms with Crippen molar-refractivity contribution in [1.29, 1.82) is 0 Å². The Kier molecular flexibility index (Phi) is 1.59. The molecule has 0 aliphatic carbocycles. The van der Waals surface area contributed by atoms with Crippen molar-refractivity contribution >= 4 is 21.8 Å². The van der Waals surface area contributed by atoms with Gasteiger partial charge in [0.05, 0.1) is 10.3 Å². The molecule has 3 rings (SSSR count). The van der Waals surface area contributed by atoms with E-state index < -0.39 is 0 Å². The molecule has 0 unspecified atom stereocenters. The van der Waals surface area contributed by atoms with E-state index in [1.807, 2.05) is 48.5 Å². The lowest BCUT2D eigenvalue weighted by molar-refractivity contribution is -0.532. The molecule has 0 spiro atoms. The van der Waals surface area contributed by atoms with Crippen LogP contribution < -0.4 is 4.54 Å². The van der Waals surface area contributed by atoms with E-state index in [1.165, 1.54) is 0 Å². The molecule has 0 fully saturated rings. The van der Waals surface area contributed by atoms with E-state index >= 15 is 0 Å². The molecule has 0 bridgehead atoms. The Morgan fingerprint density at radius 3 is 2.40 bits per heavy atom. The Bertz CT molecular complexity index is 700. The van der Waals surface area contributed by atoms with Gasteiger partial charge in [-0.25, -0.2) is 0 Å². The molecule has 0 amide bonds. The summed E-state index contributed by atoms with van der Waals surface area (Å²) in [6.07, 6.45) is 0. The lowest BCUT2D eigenvalue weighted by Gasteiger charge is -1.95. The summed E-state index contributed by atoms with van der Waals surface area (Å²) in [6.45, 7) is 0. The fourth-order valence-electron chi connectivity index (χ4n) is 1.86. The van der Waals surface area contributed by atoms with Crippen molar-refractivity contribution in [3.05, 3.63) is 53.4 Å². The van der Waals surface area contributed by atoms with Crippen LogP contribution in [-0.4, -0.2) is 5.10 Å². The third-order valence-electron chi connectivity index (χ3n) is 2.56. The smallest absolute Gasteiger partial charge is 0.114 e. The average molecular weight is 197 g/mol. The van der Waals surface area contributed by atoms with Crippen LogP contribution in [0.4, 0.5) is 0 Å². The number of H-pyrrole nitrogens is 1. The Morgan fingerprint density at radius 1 is 0.867 bits per heavy atom. The van der Waals surface area contributed by atoms with E-state index in [2.05, 4.69) is 5.10 Å². The molecule has 1 N–H and O–H groups in total. The lowest BCUT2D eigenvalue weighted by Crippen LogP contribution is -2.20. The highest BCUT2D eigenvalue weighted by molar-refractivity contribution is 6.01. The first-order chi connectivity index (χ1) is 7.36. The zero-order valence-electron chi connectivity index (χ0n) is 7.97. The van der Waals surface area contributed by atoms with Gasteiger partial charge in [-0.3, -0.25) is 0 Å². The van der Waals surface area contributed by atoms with Crippen LogP contribution in [0.1, 0.15) is 0 Å². The topological polar surface area (TPSA) is 38.8 Å². The van der Waals surface area contributed by atoms with Gasteiger partial charge in [0.2, 0.25) is 0 Å². The Labute approximate surface area is 85.6 Å². The number of nitrogens with one attached hydrogen (secondary N) is 1. The van der Waals surface area contributed by atoms with Crippen molar-refractivity contribution in [2.75, 3.05) is 0 Å². The summed E-state index contributed by atoms with van der Waals surface area (Å²) in [6, 6.07) is 15.4. The van der Waals surface area contributed by atoms with Crippen molar-refractivity contribution in [2.24, 2.45) is 0 Å². The van der Waals surface area contributed by atoms with Crippen LogP contribution in [0.2, 0.25) is 0 Å². The average Bonchev–Trinajstić information content (AvgIpc) is 2.30. The Balaban J connectivity index is 2.70. The molecule has 15 heavy (non-hydrogen) atoms. The Morgan fingerprint density at radius 2 is 1.53 bits per heavy atom. The van der Waals surface area contributed by atoms with Gasteiger partial charge in [-0.15, -0.1) is 5.10 Å². The first-order valence-corrected chi connectivity index (χ1v) is 4.78. The van der Waals surface area contributed by atoms with Crippen molar-refractivity contribution in [2.45, 2.75) is 0 Å². The van der Waals surface area contributed by atoms with Crippen molar-refractivity contribution < 1.29 is 4.54 Å². The summed E-state index contributed by atoms with van der Waals surface area (Å²) >= 11 is 0. The zero-order valence-corrected chi connectivity index (χ0v) is 7.97. The van der Waals surface area contributed by atoms with Gasteiger partial charge >= 0.3 is 0 Å². The number of nitrogens with zero attached hydrogens (tertiary/aromatic N) is 1. The lowest BCUT2D eigenvalue weighted by atomic mass is 10.1. The molecular formula is C12H9N2O+. The largest absolute Gasteiger partial charge is 0.300 e. The van der Waals surface area contributed by atoms with E-state index in [1.54, 1.807) is 0 Å². The number of aromatic nitrogens is 2. The van der Waals surface area contributed by atoms with Gasteiger partial charge in [-0.05, 0) is 12.1 Å². The molecule has 0 aliphatic heterocycles. The van der Waals surface area contributed by atoms with Gasteiger partial charge in [-0.2, -0.15) is 0 Å². The third-order valence-corrected chi connectivity index (χ3v) is 2.56. The summed E-state index contributed by atoms with van der Waals surface area (Å²) in [5.41, 5.74) is 1.52. The fourth-order valence-corrected chi connectivity index (χ4v) is 1.86. The molecule has 72 valence electrons. The summed E-state index contributed by atoms with van der Waals surface area (Å²) in [5.74, 6) is 0. The quantitative estimate of drug-likeness (QED) is 0.435. The maximum absolute atomic E-state index is 11.7. The monoisotopic (exact) mass is 197 g/mol. The second-order valence-corrected chi connectivity index (χ2v) is 3.47. The summed E-state index contributed by atoms with van der Waals surface area (Å²) in [5, 5.41) is 4.84. The number of para-hydroxylation sites is 2. The van der Waals surface area contributed by atoms with Crippen LogP contribution in [-0.2, 0) is 0 Å². The van der Waals surface area contributed by atoms with Crippen molar-refractivity contribution in [3.63, 3.8) is 0 Å². The predicted octanol–water partition coefficient (Wildman–Crippen LogP) is 2.24. The van der Waals surface area contributed by atoms with Gasteiger partial charge in [0.1, 0.15) is 5.52 Å². The number of fused-ring (bicyclic) bond motifs is 3. The van der Waals surface area contributed by atoms with Crippen molar-refractivity contribution in [1.82, 2.24) is 5.10 Å². The van der Waals surface area contributed by atoms with Gasteiger partial charge in [0.15, 0.2) is 4.54 Å². The molecule has 0 atom stereocenters. The van der Waals surface area contributed by atoms with Crippen LogP contribution in [0.15, 0.2) is 48.5 Å². The van der Waals surface area contributed by atoms with Crippen molar-refractivity contribution in [3.8, 4) is 0 Å². The molecule has 3 nitrogen and oxygen atoms in total. The van der Waals surface area contributed by atoms with E-state index in [4.69, 9.17) is 0 Å². The number of rotatable bonds is 0. The highest BCUT2D eigenvalue weighted by Crippen LogP contribution is 2.19. The van der Waals surface area contributed by atoms with Gasteiger partial charge in [0, 0.05) is 11.5 Å². The summed E-state index contributed by atoms with van der Waals surface area (Å²) in [7, 11) is 0. The molecule has 0 aliphatic rings. The molecule has 0 saturated carbocycles. The molecular weight excluding hydrogens is 188 g/mol. The highest BCUT2D eigenvalue weighted by atomic mass is 16.3. The Hall–Kier alpha value is -2.16. The molecule has 0 radical (unpaired) electrons. The number of benzene rings is 2. The van der Waals surface area contributed by atoms with Gasteiger partial charge in [-0.1, -0.05) is 30.3 Å². The minimum absolute atomic E-state index is 0.663. The number of hydrogen-bond donors (Lipinski definition) is 1. The molecule has 2 aromatic carbocycles. The first kappa shape index (κ1) is 8.17. The van der Waals surface area contributed by atoms with Crippen LogP contribution in [0.25, 0.3) is 21.8 Å². The minimum Gasteiger partial charge on any atom is -0.114 e. The molecule has 3 heteroatoms. The normalized spacial score (nSPS) is 10.9. The third kappa shape index (κ3) is 1.13. The SMILES string of the molecule is O=[n+]1[nH]c2ccccc2c2ccccc21. The molecule has 3 aromatic rings. The van der Waals surface area contributed by atoms with Crippen LogP contribution >= 0.6 is 0 Å². The van der Waals surface area contributed by atoms with E-state index in [0.717, 1.165) is 20.8 Å². The summed E-state index contributed by atoms with van der Waals surface area (Å²) in [4.78, 5) is 11.7. The second kappa shape index (κ2) is 2.92. The molecule has 0 saturated heterocycles. The number of hydrogen-bond acceptors (Lipinski definition) is 1. The van der Waals surface area contributed by atoms with Crippen LogP contribution in [0.5, 0.6) is 0 Å². The molecule has 1 heterocycles. The molecule has 1 aromatic heterocycles. The highest BCUT2D eigenvalue weighted by Gasteiger charge is 2.09. The fraction of sp³-hybridized carbons (Fsp3) is 0. The van der Waals surface area contributed by atoms with Gasteiger partial charge < -0.3 is 0 Å². The van der Waals surface area contributed by atoms with E-state index in [-0.39, 0.29) is 0 Å². The van der Waals surface area contributed by atoms with Crippen LogP contribution in [0.3, 0.4) is 0 Å². The maximum Gasteiger partial charge on any atom is 0.300 e. The van der Waals surface area contributed by atoms with Gasteiger partial charge in [0.25, 0.3) is 5.52 Å². The first-order valence-electron chi connectivity index (χ1n) is 4.78. The van der Waals surface area contributed by atoms with E-state index in [0.29, 0.717) is 5.52 Å². The van der Waals surface area contributed by atoms with Crippen LogP contribution in [0, 0.1) is 4.91 Å². The zero-order chi connectivity index (χ0) is 10.3. The second-order valence-electron chi connectivity index (χ2n) is 3.47. The summed E-state index contributed by atoms with van der Waals surface area (Å²) < 4.78 is 0.803. The predicted molar refractivity (Wildman–Crippen MR) is 59.2 cm³/mol. The van der Waals surface area contributed by atoms with E-state index in [9.17, 15) is 4.91 Å². The standard InChI is InChI=1S/C12H9N2O/c15-14-12-8-4-2-6-10(12)9-5-1-3-7-11(9)13-14/h1-8H,(H,13,15)/q+1. The minimum atomic E-state index is 0.663. The number of aromatic amines is 1. The maximum atomic E-state index is 11.7.